The van der Waals surface area contributed by atoms with Crippen molar-refractivity contribution in [2.75, 3.05) is 0 Å². The van der Waals surface area contributed by atoms with Crippen molar-refractivity contribution in [1.82, 2.24) is 9.71 Å². The third kappa shape index (κ3) is 2.66. The molecule has 0 saturated carbocycles. The van der Waals surface area contributed by atoms with Gasteiger partial charge in [0.05, 0.1) is 17.1 Å². The van der Waals surface area contributed by atoms with E-state index in [-0.39, 0.29) is 17.3 Å². The Morgan fingerprint density at radius 3 is 2.60 bits per heavy atom. The lowest BCUT2D eigenvalue weighted by atomic mass is 10.2. The van der Waals surface area contributed by atoms with Crippen molar-refractivity contribution in [2.45, 2.75) is 11.4 Å². The molecule has 0 atom stereocenters. The van der Waals surface area contributed by atoms with E-state index in [9.17, 15) is 8.42 Å². The zero-order chi connectivity index (χ0) is 13.3. The lowest BCUT2D eigenvalue weighted by molar-refractivity contribution is 0.595. The summed E-state index contributed by atoms with van der Waals surface area (Å²) in [5, 5.41) is 0. The Morgan fingerprint density at radius 2 is 1.85 bits per heavy atom. The molecule has 1 N–H and O–H groups in total. The number of hydrogen-bond donors (Lipinski definition) is 1. The van der Waals surface area contributed by atoms with Gasteiger partial charge in [0.15, 0.2) is 0 Å². The summed E-state index contributed by atoms with van der Waals surface area (Å²) >= 11 is 0. The second kappa shape index (κ2) is 5.60. The van der Waals surface area contributed by atoms with Crippen LogP contribution in [0.5, 0.6) is 0 Å². The van der Waals surface area contributed by atoms with Crippen LogP contribution in [0.4, 0.5) is 0 Å². The Hall–Kier alpha value is -1.92. The molecule has 1 aromatic heterocycles. The van der Waals surface area contributed by atoms with Crippen molar-refractivity contribution < 1.29 is 8.42 Å². The Morgan fingerprint density at radius 1 is 1.10 bits per heavy atom. The zero-order valence-electron chi connectivity index (χ0n) is 10.4. The minimum atomic E-state index is -3.46. The molecule has 104 valence electrons. The lowest BCUT2D eigenvalue weighted by Crippen LogP contribution is -2.22. The molecule has 7 heteroatoms. The van der Waals surface area contributed by atoms with E-state index < -0.39 is 10.0 Å². The predicted molar refractivity (Wildman–Crippen MR) is 78.5 cm³/mol. The molecule has 1 aliphatic rings. The highest BCUT2D eigenvalue weighted by molar-refractivity contribution is 7.90. The third-order valence-corrected chi connectivity index (χ3v) is 4.19. The summed E-state index contributed by atoms with van der Waals surface area (Å²) in [6, 6.07) is 12.3. The summed E-state index contributed by atoms with van der Waals surface area (Å²) in [7, 11) is -3.46. The van der Waals surface area contributed by atoms with Gasteiger partial charge in [0.1, 0.15) is 5.84 Å². The van der Waals surface area contributed by atoms with Gasteiger partial charge in [-0.25, -0.2) is 8.42 Å². The second-order valence-corrected chi connectivity index (χ2v) is 5.74. The van der Waals surface area contributed by atoms with Gasteiger partial charge in [0, 0.05) is 11.8 Å². The first-order chi connectivity index (χ1) is 9.17. The second-order valence-electron chi connectivity index (χ2n) is 4.09. The number of halogens is 1. The number of aliphatic imine (C=N–C) groups is 1. The maximum Gasteiger partial charge on any atom is 0.263 e. The first-order valence-electron chi connectivity index (χ1n) is 5.73. The average Bonchev–Trinajstić information content (AvgIpc) is 2.70. The minimum Gasteiger partial charge on any atom is -0.263 e. The van der Waals surface area contributed by atoms with Crippen LogP contribution in [0.15, 0.2) is 58.5 Å². The zero-order valence-corrected chi connectivity index (χ0v) is 12.0. The SMILES string of the molecule is Cl.O=S1(=O)NC(=NCc2ccccn2)c2ccccc21. The van der Waals surface area contributed by atoms with Crippen LogP contribution in [0.25, 0.3) is 0 Å². The topological polar surface area (TPSA) is 71.4 Å². The normalized spacial score (nSPS) is 17.1. The maximum atomic E-state index is 11.9. The molecular weight excluding hydrogens is 298 g/mol. The quantitative estimate of drug-likeness (QED) is 0.918. The Labute approximate surface area is 123 Å². The van der Waals surface area contributed by atoms with Crippen molar-refractivity contribution in [3.63, 3.8) is 0 Å². The molecule has 0 aliphatic carbocycles. The fourth-order valence-corrected chi connectivity index (χ4v) is 3.15. The van der Waals surface area contributed by atoms with Crippen LogP contribution in [0.3, 0.4) is 0 Å². The summed E-state index contributed by atoms with van der Waals surface area (Å²) in [6.45, 7) is 0.340. The number of nitrogens with one attached hydrogen (secondary N) is 1. The van der Waals surface area contributed by atoms with Crippen molar-refractivity contribution >= 4 is 28.3 Å². The smallest absolute Gasteiger partial charge is 0.263 e. The molecule has 0 spiro atoms. The molecule has 0 radical (unpaired) electrons. The predicted octanol–water partition coefficient (Wildman–Crippen LogP) is 1.74. The molecule has 2 aromatic rings. The van der Waals surface area contributed by atoms with Crippen molar-refractivity contribution in [2.24, 2.45) is 4.99 Å². The number of rotatable bonds is 2. The molecule has 0 fully saturated rings. The number of nitrogens with zero attached hydrogens (tertiary/aromatic N) is 2. The van der Waals surface area contributed by atoms with Gasteiger partial charge in [-0.05, 0) is 24.3 Å². The molecule has 1 aromatic carbocycles. The number of aromatic nitrogens is 1. The Bertz CT molecular complexity index is 745. The number of pyridine rings is 1. The number of benzene rings is 1. The van der Waals surface area contributed by atoms with Crippen LogP contribution in [-0.2, 0) is 16.6 Å². The van der Waals surface area contributed by atoms with Gasteiger partial charge in [-0.2, -0.15) is 0 Å². The molecule has 2 heterocycles. The molecule has 1 aliphatic heterocycles. The van der Waals surface area contributed by atoms with Crippen molar-refractivity contribution in [1.29, 1.82) is 0 Å². The largest absolute Gasteiger partial charge is 0.263 e. The Balaban J connectivity index is 0.00000147. The van der Waals surface area contributed by atoms with Crippen LogP contribution in [0.1, 0.15) is 11.3 Å². The van der Waals surface area contributed by atoms with Gasteiger partial charge in [-0.15, -0.1) is 12.4 Å². The molecule has 0 saturated heterocycles. The minimum absolute atomic E-state index is 0. The van der Waals surface area contributed by atoms with E-state index in [2.05, 4.69) is 14.7 Å². The van der Waals surface area contributed by atoms with Gasteiger partial charge in [-0.1, -0.05) is 18.2 Å². The van der Waals surface area contributed by atoms with Gasteiger partial charge in [0.25, 0.3) is 10.0 Å². The molecule has 5 nitrogen and oxygen atoms in total. The first kappa shape index (κ1) is 14.5. The number of amidine groups is 1. The monoisotopic (exact) mass is 309 g/mol. The van der Waals surface area contributed by atoms with E-state index in [0.717, 1.165) is 5.69 Å². The highest BCUT2D eigenvalue weighted by Crippen LogP contribution is 2.22. The van der Waals surface area contributed by atoms with E-state index in [1.807, 2.05) is 18.2 Å². The molecule has 0 unspecified atom stereocenters. The van der Waals surface area contributed by atoms with Gasteiger partial charge in [0.2, 0.25) is 0 Å². The Kier molecular flexibility index (Phi) is 4.06. The molecule has 0 amide bonds. The summed E-state index contributed by atoms with van der Waals surface area (Å²) in [6.07, 6.45) is 1.68. The standard InChI is InChI=1S/C13H11N3O2S.ClH/c17-19(18)12-7-2-1-6-11(12)13(16-19)15-9-10-5-3-4-8-14-10;/h1-8H,9H2,(H,15,16);1H. The number of fused-ring (bicyclic) bond motifs is 1. The van der Waals surface area contributed by atoms with E-state index in [0.29, 0.717) is 17.9 Å². The van der Waals surface area contributed by atoms with E-state index in [1.54, 1.807) is 30.5 Å². The van der Waals surface area contributed by atoms with Crippen molar-refractivity contribution in [3.05, 3.63) is 59.9 Å². The summed E-state index contributed by atoms with van der Waals surface area (Å²) in [5.74, 6) is 0.376. The maximum absolute atomic E-state index is 11.9. The van der Waals surface area contributed by atoms with Gasteiger partial charge in [-0.3, -0.25) is 14.7 Å². The number of sulfonamides is 1. The summed E-state index contributed by atoms with van der Waals surface area (Å²) < 4.78 is 26.2. The van der Waals surface area contributed by atoms with E-state index in [1.165, 1.54) is 0 Å². The van der Waals surface area contributed by atoms with Crippen LogP contribution < -0.4 is 4.72 Å². The van der Waals surface area contributed by atoms with E-state index in [4.69, 9.17) is 0 Å². The summed E-state index contributed by atoms with van der Waals surface area (Å²) in [4.78, 5) is 8.71. The third-order valence-electron chi connectivity index (χ3n) is 2.79. The van der Waals surface area contributed by atoms with E-state index >= 15 is 0 Å². The summed E-state index contributed by atoms with van der Waals surface area (Å²) in [5.41, 5.74) is 1.40. The van der Waals surface area contributed by atoms with Gasteiger partial charge >= 0.3 is 0 Å². The fourth-order valence-electron chi connectivity index (χ4n) is 1.90. The van der Waals surface area contributed by atoms with Crippen molar-refractivity contribution in [3.8, 4) is 0 Å². The van der Waals surface area contributed by atoms with Gasteiger partial charge < -0.3 is 0 Å². The fraction of sp³-hybridized carbons (Fsp3) is 0.0769. The molecule has 0 bridgehead atoms. The average molecular weight is 310 g/mol. The molecule has 20 heavy (non-hydrogen) atoms. The highest BCUT2D eigenvalue weighted by Gasteiger charge is 2.29. The molecular formula is C13H12ClN3O2S. The van der Waals surface area contributed by atoms with Crippen LogP contribution in [0.2, 0.25) is 0 Å². The lowest BCUT2D eigenvalue weighted by Gasteiger charge is -1.99. The van der Waals surface area contributed by atoms with Crippen LogP contribution in [0, 0.1) is 0 Å². The highest BCUT2D eigenvalue weighted by atomic mass is 35.5. The first-order valence-corrected chi connectivity index (χ1v) is 7.22. The van der Waals surface area contributed by atoms with Crippen LogP contribution >= 0.6 is 12.4 Å². The number of hydrogen-bond acceptors (Lipinski definition) is 4. The van der Waals surface area contributed by atoms with Crippen LogP contribution in [-0.4, -0.2) is 19.2 Å². The molecule has 3 rings (SSSR count).